The number of likely N-dealkylation sites (N-methyl/N-ethyl adjacent to an activating group) is 1. The summed E-state index contributed by atoms with van der Waals surface area (Å²) in [4.78, 5) is 30.5. The average molecular weight is 578 g/mol. The van der Waals surface area contributed by atoms with Crippen molar-refractivity contribution < 1.29 is 32.6 Å². The Kier molecular flexibility index (Phi) is 10.6. The van der Waals surface area contributed by atoms with E-state index in [4.69, 9.17) is 21.7 Å². The molecule has 0 bridgehead atoms. The molecule has 3 rings (SSSR count). The lowest BCUT2D eigenvalue weighted by Crippen LogP contribution is -2.39. The van der Waals surface area contributed by atoms with E-state index in [2.05, 4.69) is 25.7 Å². The van der Waals surface area contributed by atoms with Crippen LogP contribution >= 0.6 is 12.2 Å². The third-order valence-electron chi connectivity index (χ3n) is 5.52. The Morgan fingerprint density at radius 3 is 2.70 bits per heavy atom. The molecule has 10 nitrogen and oxygen atoms in total. The Hall–Kier alpha value is -4.00. The highest BCUT2D eigenvalue weighted by atomic mass is 32.1. The molecule has 0 saturated carbocycles. The highest BCUT2D eigenvalue weighted by Gasteiger charge is 2.25. The summed E-state index contributed by atoms with van der Waals surface area (Å²) in [6, 6.07) is 7.86. The minimum atomic E-state index is -3.01. The van der Waals surface area contributed by atoms with Crippen LogP contribution in [0.4, 0.5) is 19.3 Å². The van der Waals surface area contributed by atoms with Crippen molar-refractivity contribution in [2.75, 3.05) is 32.1 Å². The number of nitrogens with zero attached hydrogens (tertiary/aromatic N) is 2. The number of hydrogen-bond acceptors (Lipinski definition) is 8. The van der Waals surface area contributed by atoms with Crippen molar-refractivity contribution in [3.05, 3.63) is 59.6 Å². The number of hydrogen-bond donors (Lipinski definition) is 3. The van der Waals surface area contributed by atoms with Crippen LogP contribution in [0, 0.1) is 0 Å². The zero-order valence-corrected chi connectivity index (χ0v) is 23.6. The van der Waals surface area contributed by atoms with Crippen LogP contribution in [-0.2, 0) is 16.1 Å². The highest BCUT2D eigenvalue weighted by Crippen LogP contribution is 2.27. The van der Waals surface area contributed by atoms with Gasteiger partial charge < -0.3 is 35.1 Å². The van der Waals surface area contributed by atoms with Crippen molar-refractivity contribution >= 4 is 34.9 Å². The molecule has 0 aliphatic carbocycles. The van der Waals surface area contributed by atoms with Gasteiger partial charge in [-0.15, -0.1) is 0 Å². The maximum atomic E-state index is 12.8. The summed E-state index contributed by atoms with van der Waals surface area (Å²) >= 11 is 5.49. The van der Waals surface area contributed by atoms with Crippen molar-refractivity contribution in [1.29, 1.82) is 0 Å². The summed E-state index contributed by atoms with van der Waals surface area (Å²) in [6.45, 7) is 3.57. The minimum Gasteiger partial charge on any atom is -0.490 e. The number of anilines is 1. The smallest absolute Gasteiger partial charge is 0.410 e. The van der Waals surface area contributed by atoms with E-state index < -0.39 is 24.2 Å². The molecule has 40 heavy (non-hydrogen) atoms. The Balaban J connectivity index is 1.68. The highest BCUT2D eigenvalue weighted by molar-refractivity contribution is 7.81. The molecule has 0 atom stereocenters. The van der Waals surface area contributed by atoms with E-state index >= 15 is 0 Å². The first-order valence-corrected chi connectivity index (χ1v) is 13.0. The molecule has 1 aliphatic heterocycles. The van der Waals surface area contributed by atoms with Crippen LogP contribution < -0.4 is 25.4 Å². The van der Waals surface area contributed by atoms with Gasteiger partial charge in [0, 0.05) is 44.0 Å². The first-order chi connectivity index (χ1) is 18.9. The number of thiocarbonyl (C=S) groups is 1. The van der Waals surface area contributed by atoms with Gasteiger partial charge in [-0.2, -0.15) is 8.78 Å². The number of nitrogens with one attached hydrogen (secondary N) is 3. The number of benzene rings is 1. The van der Waals surface area contributed by atoms with Gasteiger partial charge in [-0.25, -0.2) is 4.79 Å². The van der Waals surface area contributed by atoms with Gasteiger partial charge >= 0.3 is 12.7 Å². The van der Waals surface area contributed by atoms with Crippen molar-refractivity contribution in [3.8, 4) is 11.5 Å². The zero-order chi connectivity index (χ0) is 29.3. The number of ether oxygens (including phenoxy) is 3. The van der Waals surface area contributed by atoms with Gasteiger partial charge in [0.1, 0.15) is 28.7 Å². The maximum absolute atomic E-state index is 12.8. The second kappa shape index (κ2) is 13.9. The van der Waals surface area contributed by atoms with E-state index in [1.165, 1.54) is 17.0 Å². The molecule has 13 heteroatoms. The Morgan fingerprint density at radius 2 is 1.98 bits per heavy atom. The molecule has 2 amide bonds. The summed E-state index contributed by atoms with van der Waals surface area (Å²) in [7, 11) is 1.63. The topological polar surface area (TPSA) is 114 Å². The summed E-state index contributed by atoms with van der Waals surface area (Å²) in [5.74, 6) is 0.0192. The summed E-state index contributed by atoms with van der Waals surface area (Å²) in [5.41, 5.74) is 1.16. The van der Waals surface area contributed by atoms with Crippen molar-refractivity contribution in [1.82, 2.24) is 20.5 Å². The van der Waals surface area contributed by atoms with Gasteiger partial charge in [-0.1, -0.05) is 24.4 Å². The second-order valence-corrected chi connectivity index (χ2v) is 10.2. The Labute approximate surface area is 237 Å². The lowest BCUT2D eigenvalue weighted by molar-refractivity contribution is -0.117. The fourth-order valence-electron chi connectivity index (χ4n) is 3.63. The van der Waals surface area contributed by atoms with E-state index in [9.17, 15) is 18.4 Å². The molecular weight excluding hydrogens is 544 g/mol. The predicted octanol–water partition coefficient (Wildman–Crippen LogP) is 4.23. The fourth-order valence-corrected chi connectivity index (χ4v) is 3.96. The SMILES string of the molecule is CN(CCOc1cnccc1CNC1=C(C(=S)Nc2ccccc2OC(F)F)C(=O)NCC1)C(=O)OC(C)(C)C. The summed E-state index contributed by atoms with van der Waals surface area (Å²) in [5, 5.41) is 8.87. The van der Waals surface area contributed by atoms with Crippen LogP contribution in [0.1, 0.15) is 32.8 Å². The molecule has 3 N–H and O–H groups in total. The van der Waals surface area contributed by atoms with Gasteiger partial charge in [0.05, 0.1) is 24.0 Å². The molecule has 1 aromatic carbocycles. The molecule has 1 aromatic heterocycles. The van der Waals surface area contributed by atoms with Gasteiger partial charge in [0.2, 0.25) is 0 Å². The number of para-hydroxylation sites is 2. The van der Waals surface area contributed by atoms with Gasteiger partial charge in [-0.05, 0) is 39.0 Å². The molecule has 2 aromatic rings. The normalized spacial score (nSPS) is 13.4. The van der Waals surface area contributed by atoms with Crippen LogP contribution in [0.15, 0.2) is 54.0 Å². The molecule has 0 fully saturated rings. The molecular formula is C27H33F2N5O5S. The van der Waals surface area contributed by atoms with E-state index in [0.29, 0.717) is 37.5 Å². The van der Waals surface area contributed by atoms with E-state index in [0.717, 1.165) is 5.56 Å². The predicted molar refractivity (Wildman–Crippen MR) is 149 cm³/mol. The number of halogens is 2. The second-order valence-electron chi connectivity index (χ2n) is 9.78. The molecule has 0 saturated heterocycles. The fraction of sp³-hybridized carbons (Fsp3) is 0.407. The molecule has 2 heterocycles. The number of pyridine rings is 1. The lowest BCUT2D eigenvalue weighted by atomic mass is 10.1. The van der Waals surface area contributed by atoms with Crippen LogP contribution in [0.5, 0.6) is 11.5 Å². The minimum absolute atomic E-state index is 0.0569. The summed E-state index contributed by atoms with van der Waals surface area (Å²) < 4.78 is 41.4. The van der Waals surface area contributed by atoms with Gasteiger partial charge in [0.25, 0.3) is 5.91 Å². The van der Waals surface area contributed by atoms with Crippen molar-refractivity contribution in [3.63, 3.8) is 0 Å². The molecule has 0 radical (unpaired) electrons. The Morgan fingerprint density at radius 1 is 1.23 bits per heavy atom. The average Bonchev–Trinajstić information content (AvgIpc) is 2.87. The largest absolute Gasteiger partial charge is 0.490 e. The standard InChI is InChI=1S/C27H33F2N5O5S/c1-27(2,3)39-26(36)34(4)13-14-37-21-16-30-11-9-17(21)15-32-19-10-12-31-23(35)22(19)24(40)33-18-7-5-6-8-20(18)38-25(28)29/h5-9,11,16,25,32H,10,12-15H2,1-4H3,(H,31,35)(H,33,40). The third kappa shape index (κ3) is 9.04. The van der Waals surface area contributed by atoms with E-state index in [-0.39, 0.29) is 28.6 Å². The van der Waals surface area contributed by atoms with E-state index in [1.807, 2.05) is 0 Å². The van der Waals surface area contributed by atoms with Gasteiger partial charge in [-0.3, -0.25) is 9.78 Å². The Bertz CT molecular complexity index is 1250. The van der Waals surface area contributed by atoms with Crippen LogP contribution in [0.2, 0.25) is 0 Å². The molecule has 0 unspecified atom stereocenters. The molecule has 1 aliphatic rings. The summed E-state index contributed by atoms with van der Waals surface area (Å²) in [6.07, 6.45) is 3.21. The van der Waals surface area contributed by atoms with Crippen LogP contribution in [-0.4, -0.2) is 65.8 Å². The lowest BCUT2D eigenvalue weighted by Gasteiger charge is -2.25. The van der Waals surface area contributed by atoms with Crippen molar-refractivity contribution in [2.45, 2.75) is 45.9 Å². The first kappa shape index (κ1) is 30.5. The number of alkyl halides is 2. The van der Waals surface area contributed by atoms with Crippen molar-refractivity contribution in [2.24, 2.45) is 0 Å². The number of rotatable bonds is 11. The number of carbonyl (C=O) groups is 2. The number of amides is 2. The number of aromatic nitrogens is 1. The van der Waals surface area contributed by atoms with Crippen LogP contribution in [0.3, 0.4) is 0 Å². The quantitative estimate of drug-likeness (QED) is 0.338. The maximum Gasteiger partial charge on any atom is 0.410 e. The molecule has 0 spiro atoms. The monoisotopic (exact) mass is 577 g/mol. The first-order valence-electron chi connectivity index (χ1n) is 12.5. The third-order valence-corrected chi connectivity index (χ3v) is 5.83. The van der Waals surface area contributed by atoms with Crippen LogP contribution in [0.25, 0.3) is 0 Å². The number of carbonyl (C=O) groups excluding carboxylic acids is 2. The zero-order valence-electron chi connectivity index (χ0n) is 22.8. The van der Waals surface area contributed by atoms with E-state index in [1.54, 1.807) is 58.4 Å². The molecule has 216 valence electrons. The van der Waals surface area contributed by atoms with Gasteiger partial charge in [0.15, 0.2) is 0 Å².